The fourth-order valence-corrected chi connectivity index (χ4v) is 3.35. The minimum Gasteiger partial charge on any atom is -0.465 e. The Balaban J connectivity index is 1.52. The van der Waals surface area contributed by atoms with E-state index < -0.39 is 5.60 Å². The van der Waals surface area contributed by atoms with E-state index in [0.717, 1.165) is 43.9 Å². The maximum atomic E-state index is 12.0. The minimum absolute atomic E-state index is 0.0729. The lowest BCUT2D eigenvalue weighted by molar-refractivity contribution is -0.0290. The Morgan fingerprint density at radius 2 is 2.04 bits per heavy atom. The van der Waals surface area contributed by atoms with Crippen molar-refractivity contribution in [2.45, 2.75) is 50.7 Å². The molecule has 1 aliphatic heterocycles. The second-order valence-corrected chi connectivity index (χ2v) is 6.85. The Kier molecular flexibility index (Phi) is 4.92. The van der Waals surface area contributed by atoms with E-state index >= 15 is 0 Å². The molecule has 2 amide bonds. The van der Waals surface area contributed by atoms with Crippen molar-refractivity contribution in [3.63, 3.8) is 0 Å². The minimum atomic E-state index is -0.691. The molecule has 1 saturated carbocycles. The van der Waals surface area contributed by atoms with E-state index in [2.05, 4.69) is 15.5 Å². The normalized spacial score (nSPS) is 21.7. The van der Waals surface area contributed by atoms with Crippen molar-refractivity contribution in [3.05, 3.63) is 23.7 Å². The molecule has 3 N–H and O–H groups in total. The number of urea groups is 1. The lowest BCUT2D eigenvalue weighted by atomic mass is 9.80. The van der Waals surface area contributed by atoms with Crippen LogP contribution < -0.4 is 10.6 Å². The average Bonchev–Trinajstić information content (AvgIpc) is 3.16. The molecule has 6 nitrogen and oxygen atoms in total. The van der Waals surface area contributed by atoms with Crippen LogP contribution in [-0.4, -0.2) is 47.8 Å². The summed E-state index contributed by atoms with van der Waals surface area (Å²) in [7, 11) is 0. The van der Waals surface area contributed by atoms with Crippen LogP contribution in [0.5, 0.6) is 0 Å². The van der Waals surface area contributed by atoms with Gasteiger partial charge in [0.1, 0.15) is 11.5 Å². The fraction of sp³-hybridized carbons (Fsp3) is 0.706. The van der Waals surface area contributed by atoms with Gasteiger partial charge in [0.05, 0.1) is 11.6 Å². The van der Waals surface area contributed by atoms with Crippen molar-refractivity contribution < 1.29 is 14.3 Å². The van der Waals surface area contributed by atoms with E-state index in [1.54, 1.807) is 0 Å². The summed E-state index contributed by atoms with van der Waals surface area (Å²) >= 11 is 0. The maximum Gasteiger partial charge on any atom is 0.314 e. The number of rotatable bonds is 6. The lowest BCUT2D eigenvalue weighted by Gasteiger charge is -2.36. The van der Waals surface area contributed by atoms with Crippen LogP contribution in [0.25, 0.3) is 0 Å². The van der Waals surface area contributed by atoms with Gasteiger partial charge in [-0.05, 0) is 64.3 Å². The number of carbonyl (C=O) groups excluding carboxylic acids is 1. The van der Waals surface area contributed by atoms with Crippen molar-refractivity contribution in [1.29, 1.82) is 0 Å². The van der Waals surface area contributed by atoms with Gasteiger partial charge in [-0.2, -0.15) is 0 Å². The summed E-state index contributed by atoms with van der Waals surface area (Å²) in [6.07, 6.45) is 4.96. The summed E-state index contributed by atoms with van der Waals surface area (Å²) < 4.78 is 5.78. The van der Waals surface area contributed by atoms with Crippen LogP contribution in [0.4, 0.5) is 4.79 Å². The van der Waals surface area contributed by atoms with Crippen LogP contribution in [0.3, 0.4) is 0 Å². The van der Waals surface area contributed by atoms with Crippen LogP contribution in [0.15, 0.2) is 16.5 Å². The van der Waals surface area contributed by atoms with Crippen molar-refractivity contribution in [3.8, 4) is 0 Å². The lowest BCUT2D eigenvalue weighted by Crippen LogP contribution is -2.51. The quantitative estimate of drug-likeness (QED) is 0.748. The fourth-order valence-electron chi connectivity index (χ4n) is 3.35. The topological polar surface area (TPSA) is 77.7 Å². The smallest absolute Gasteiger partial charge is 0.314 e. The summed E-state index contributed by atoms with van der Waals surface area (Å²) in [5, 5.41) is 15.7. The van der Waals surface area contributed by atoms with Crippen molar-refractivity contribution >= 4 is 6.03 Å². The van der Waals surface area contributed by atoms with E-state index in [-0.39, 0.29) is 12.1 Å². The largest absolute Gasteiger partial charge is 0.465 e. The molecule has 0 spiro atoms. The van der Waals surface area contributed by atoms with Gasteiger partial charge >= 0.3 is 6.03 Å². The third-order valence-corrected chi connectivity index (χ3v) is 4.99. The number of nitrogens with zero attached hydrogens (tertiary/aromatic N) is 1. The summed E-state index contributed by atoms with van der Waals surface area (Å²) in [5.74, 6) is 1.79. The molecule has 1 aliphatic carbocycles. The molecule has 1 aromatic heterocycles. The molecule has 128 valence electrons. The monoisotopic (exact) mass is 321 g/mol. The van der Waals surface area contributed by atoms with Crippen LogP contribution in [0, 0.1) is 6.92 Å². The summed E-state index contributed by atoms with van der Waals surface area (Å²) in [4.78, 5) is 14.4. The van der Waals surface area contributed by atoms with Crippen molar-refractivity contribution in [1.82, 2.24) is 15.5 Å². The Hall–Kier alpha value is -1.53. The van der Waals surface area contributed by atoms with Gasteiger partial charge in [-0.1, -0.05) is 0 Å². The number of nitrogens with one attached hydrogen (secondary N) is 2. The third-order valence-electron chi connectivity index (χ3n) is 4.99. The number of likely N-dealkylation sites (tertiary alicyclic amines) is 1. The van der Waals surface area contributed by atoms with Crippen LogP contribution in [0.1, 0.15) is 49.7 Å². The molecule has 1 atom stereocenters. The van der Waals surface area contributed by atoms with E-state index in [1.807, 2.05) is 19.1 Å². The Morgan fingerprint density at radius 1 is 1.30 bits per heavy atom. The molecule has 1 saturated heterocycles. The molecule has 2 heterocycles. The van der Waals surface area contributed by atoms with Crippen LogP contribution in [0.2, 0.25) is 0 Å². The molecule has 0 bridgehead atoms. The Morgan fingerprint density at radius 3 is 2.61 bits per heavy atom. The number of hydrogen-bond acceptors (Lipinski definition) is 4. The van der Waals surface area contributed by atoms with Gasteiger partial charge in [-0.25, -0.2) is 4.79 Å². The van der Waals surface area contributed by atoms with Gasteiger partial charge in [0, 0.05) is 13.1 Å². The SMILES string of the molecule is Cc1ccc([C@H](CNC(=O)NCC2(O)CCC2)N2CCCC2)o1. The highest BCUT2D eigenvalue weighted by Gasteiger charge is 2.34. The molecule has 0 unspecified atom stereocenters. The van der Waals surface area contributed by atoms with Gasteiger partial charge in [0.25, 0.3) is 0 Å². The summed E-state index contributed by atoms with van der Waals surface area (Å²) in [5.41, 5.74) is -0.691. The van der Waals surface area contributed by atoms with E-state index in [4.69, 9.17) is 4.42 Å². The molecule has 23 heavy (non-hydrogen) atoms. The van der Waals surface area contributed by atoms with Crippen molar-refractivity contribution in [2.24, 2.45) is 0 Å². The zero-order valence-electron chi connectivity index (χ0n) is 13.8. The van der Waals surface area contributed by atoms with E-state index in [0.29, 0.717) is 13.1 Å². The predicted octanol–water partition coefficient (Wildman–Crippen LogP) is 1.94. The van der Waals surface area contributed by atoms with Crippen LogP contribution >= 0.6 is 0 Å². The molecule has 1 aromatic rings. The first-order valence-electron chi connectivity index (χ1n) is 8.60. The maximum absolute atomic E-state index is 12.0. The van der Waals surface area contributed by atoms with E-state index in [9.17, 15) is 9.90 Å². The predicted molar refractivity (Wildman–Crippen MR) is 87.2 cm³/mol. The number of hydrogen-bond donors (Lipinski definition) is 3. The number of amides is 2. The van der Waals surface area contributed by atoms with Gasteiger partial charge < -0.3 is 20.2 Å². The van der Waals surface area contributed by atoms with Gasteiger partial charge in [-0.15, -0.1) is 0 Å². The molecule has 6 heteroatoms. The van der Waals surface area contributed by atoms with Gasteiger partial charge in [0.15, 0.2) is 0 Å². The van der Waals surface area contributed by atoms with Crippen LogP contribution in [-0.2, 0) is 0 Å². The van der Waals surface area contributed by atoms with E-state index in [1.165, 1.54) is 12.8 Å². The highest BCUT2D eigenvalue weighted by atomic mass is 16.3. The molecular weight excluding hydrogens is 294 g/mol. The third kappa shape index (κ3) is 4.06. The first-order valence-corrected chi connectivity index (χ1v) is 8.60. The second-order valence-electron chi connectivity index (χ2n) is 6.85. The highest BCUT2D eigenvalue weighted by Crippen LogP contribution is 2.30. The number of aliphatic hydroxyl groups is 1. The standard InChI is InChI=1S/C17H27N3O3/c1-13-5-6-15(23-13)14(20-9-2-3-10-20)11-18-16(21)19-12-17(22)7-4-8-17/h5-6,14,22H,2-4,7-12H2,1H3,(H2,18,19,21)/t14-/m0/s1. The molecule has 0 aromatic carbocycles. The first kappa shape index (κ1) is 16.3. The summed E-state index contributed by atoms with van der Waals surface area (Å²) in [6, 6.07) is 3.81. The Bertz CT molecular complexity index is 533. The summed E-state index contributed by atoms with van der Waals surface area (Å²) in [6.45, 7) is 4.84. The first-order chi connectivity index (χ1) is 11.1. The Labute approximate surface area is 137 Å². The van der Waals surface area contributed by atoms with Crippen molar-refractivity contribution in [2.75, 3.05) is 26.2 Å². The number of aryl methyl sites for hydroxylation is 1. The molecule has 3 rings (SSSR count). The molecule has 0 radical (unpaired) electrons. The molecular formula is C17H27N3O3. The second kappa shape index (κ2) is 6.93. The molecule has 2 fully saturated rings. The highest BCUT2D eigenvalue weighted by molar-refractivity contribution is 5.74. The average molecular weight is 321 g/mol. The zero-order valence-corrected chi connectivity index (χ0v) is 13.8. The number of carbonyl (C=O) groups is 1. The zero-order chi connectivity index (χ0) is 16.3. The number of furan rings is 1. The molecule has 2 aliphatic rings. The van der Waals surface area contributed by atoms with Gasteiger partial charge in [-0.3, -0.25) is 4.90 Å². The van der Waals surface area contributed by atoms with Gasteiger partial charge in [0.2, 0.25) is 0 Å².